The van der Waals surface area contributed by atoms with Crippen molar-refractivity contribution in [1.29, 1.82) is 0 Å². The number of hydrogen-bond acceptors (Lipinski definition) is 2. The second-order valence-corrected chi connectivity index (χ2v) is 5.46. The summed E-state index contributed by atoms with van der Waals surface area (Å²) in [5.74, 6) is 0.764. The summed E-state index contributed by atoms with van der Waals surface area (Å²) in [6.07, 6.45) is 9.71. The lowest BCUT2D eigenvalue weighted by Crippen LogP contribution is -2.15. The van der Waals surface area contributed by atoms with Gasteiger partial charge in [-0.2, -0.15) is 0 Å². The molecule has 2 aliphatic rings. The van der Waals surface area contributed by atoms with E-state index in [1.165, 1.54) is 36.1 Å². The minimum absolute atomic E-state index is 0.764. The van der Waals surface area contributed by atoms with E-state index in [0.717, 1.165) is 23.7 Å². The number of hydrogen-bond donors (Lipinski definition) is 1. The van der Waals surface area contributed by atoms with Gasteiger partial charge >= 0.3 is 0 Å². The van der Waals surface area contributed by atoms with Crippen LogP contribution in [0, 0.1) is 5.92 Å². The molecule has 0 amide bonds. The molecule has 1 aromatic rings. The molecule has 1 aliphatic heterocycles. The van der Waals surface area contributed by atoms with Crippen molar-refractivity contribution in [2.45, 2.75) is 32.1 Å². The fourth-order valence-electron chi connectivity index (χ4n) is 2.80. The van der Waals surface area contributed by atoms with Crippen molar-refractivity contribution in [2.24, 2.45) is 5.92 Å². The van der Waals surface area contributed by atoms with Crippen molar-refractivity contribution in [3.8, 4) is 0 Å². The van der Waals surface area contributed by atoms with Crippen LogP contribution in [0.15, 0.2) is 30.1 Å². The molecule has 3 heteroatoms. The first-order chi connectivity index (χ1) is 8.31. The molecule has 88 valence electrons. The Bertz CT molecular complexity index is 479. The maximum Gasteiger partial charge on any atom is 0.0834 e. The average molecular weight is 244 g/mol. The van der Waals surface area contributed by atoms with Gasteiger partial charge in [-0.3, -0.25) is 4.98 Å². The van der Waals surface area contributed by atoms with Crippen molar-refractivity contribution in [3.63, 3.8) is 0 Å². The van der Waals surface area contributed by atoms with Gasteiger partial charge in [0.1, 0.15) is 0 Å². The first-order valence-corrected chi connectivity index (χ1v) is 6.62. The molecule has 0 spiro atoms. The molecule has 0 saturated heterocycles. The van der Waals surface area contributed by atoms with Crippen LogP contribution in [0.5, 0.6) is 0 Å². The Morgan fingerprint density at radius 2 is 2.41 bits per heavy atom. The summed E-state index contributed by atoms with van der Waals surface area (Å²) in [4.78, 5) is 5.42. The predicted octanol–water partition coefficient (Wildman–Crippen LogP) is 2.78. The lowest BCUT2D eigenvalue weighted by molar-refractivity contribution is 0.448. The van der Waals surface area contributed by atoms with Gasteiger partial charge in [-0.05, 0) is 48.8 Å². The molecule has 3 rings (SSSR count). The van der Waals surface area contributed by atoms with E-state index in [1.807, 2.05) is 12.3 Å². The Hall–Kier alpha value is -1.22. The van der Waals surface area contributed by atoms with Gasteiger partial charge in [-0.15, -0.1) is 0 Å². The molecular formula is C14H16N2S. The van der Waals surface area contributed by atoms with Gasteiger partial charge < -0.3 is 5.32 Å². The monoisotopic (exact) mass is 244 g/mol. The van der Waals surface area contributed by atoms with Crippen LogP contribution in [-0.4, -0.2) is 9.97 Å². The van der Waals surface area contributed by atoms with E-state index in [2.05, 4.69) is 22.6 Å². The molecule has 0 bridgehead atoms. The maximum absolute atomic E-state index is 5.15. The van der Waals surface area contributed by atoms with Crippen LogP contribution >= 0.6 is 12.2 Å². The van der Waals surface area contributed by atoms with Crippen LogP contribution in [0.25, 0.3) is 0 Å². The quantitative estimate of drug-likeness (QED) is 0.810. The van der Waals surface area contributed by atoms with Crippen LogP contribution in [0.3, 0.4) is 0 Å². The van der Waals surface area contributed by atoms with E-state index in [4.69, 9.17) is 12.2 Å². The molecule has 2 nitrogen and oxygen atoms in total. The summed E-state index contributed by atoms with van der Waals surface area (Å²) in [5, 5.41) is 3.14. The van der Waals surface area contributed by atoms with Crippen LogP contribution in [0.2, 0.25) is 0 Å². The molecule has 1 N–H and O–H groups in total. The summed E-state index contributed by atoms with van der Waals surface area (Å²) in [6.45, 7) is 0. The van der Waals surface area contributed by atoms with Crippen LogP contribution in [0.4, 0.5) is 0 Å². The normalized spacial score (nSPS) is 22.9. The second-order valence-electron chi connectivity index (χ2n) is 4.97. The Balaban J connectivity index is 1.66. The third kappa shape index (κ3) is 2.39. The summed E-state index contributed by atoms with van der Waals surface area (Å²) >= 11 is 5.15. The van der Waals surface area contributed by atoms with Crippen molar-refractivity contribution in [3.05, 3.63) is 41.4 Å². The summed E-state index contributed by atoms with van der Waals surface area (Å²) in [7, 11) is 0. The Morgan fingerprint density at radius 3 is 3.24 bits per heavy atom. The number of aryl methyl sites for hydroxylation is 1. The minimum atomic E-state index is 0.764. The van der Waals surface area contributed by atoms with E-state index in [9.17, 15) is 0 Å². The van der Waals surface area contributed by atoms with Crippen LogP contribution < -0.4 is 5.32 Å². The van der Waals surface area contributed by atoms with Gasteiger partial charge in [0.15, 0.2) is 0 Å². The second kappa shape index (κ2) is 4.57. The Labute approximate surface area is 107 Å². The van der Waals surface area contributed by atoms with Gasteiger partial charge in [0.2, 0.25) is 0 Å². The number of fused-ring (bicyclic) bond motifs is 1. The highest BCUT2D eigenvalue weighted by atomic mass is 32.1. The van der Waals surface area contributed by atoms with Gasteiger partial charge in [0.25, 0.3) is 0 Å². The van der Waals surface area contributed by atoms with Gasteiger partial charge in [0.05, 0.1) is 4.99 Å². The summed E-state index contributed by atoms with van der Waals surface area (Å²) in [6, 6.07) is 4.27. The first kappa shape index (κ1) is 10.9. The van der Waals surface area contributed by atoms with E-state index in [0.29, 0.717) is 0 Å². The van der Waals surface area contributed by atoms with Gasteiger partial charge in [-0.25, -0.2) is 0 Å². The fourth-order valence-corrected chi connectivity index (χ4v) is 3.05. The molecule has 1 atom stereocenters. The van der Waals surface area contributed by atoms with Gasteiger partial charge in [0, 0.05) is 24.5 Å². The largest absolute Gasteiger partial charge is 0.356 e. The maximum atomic E-state index is 5.15. The molecule has 17 heavy (non-hydrogen) atoms. The minimum Gasteiger partial charge on any atom is -0.356 e. The number of nitrogens with one attached hydrogen (secondary N) is 1. The van der Waals surface area contributed by atoms with Crippen molar-refractivity contribution < 1.29 is 0 Å². The van der Waals surface area contributed by atoms with E-state index in [-0.39, 0.29) is 0 Å². The number of thiocarbonyl (C=S) groups is 1. The van der Waals surface area contributed by atoms with Crippen molar-refractivity contribution in [2.75, 3.05) is 0 Å². The standard InChI is InChI=1S/C14H16N2S/c17-14-8-11(9-16-14)6-10-3-4-13-12(7-10)2-1-5-15-13/h1-2,5,9-10H,3-4,6-8H2,(H,16,17). The molecular weight excluding hydrogens is 228 g/mol. The van der Waals surface area contributed by atoms with Gasteiger partial charge in [-0.1, -0.05) is 18.3 Å². The predicted molar refractivity (Wildman–Crippen MR) is 72.8 cm³/mol. The molecule has 1 aliphatic carbocycles. The average Bonchev–Trinajstić information content (AvgIpc) is 2.75. The SMILES string of the molecule is S=C1CC(CC2CCc3ncccc3C2)=CN1. The highest BCUT2D eigenvalue weighted by Gasteiger charge is 2.21. The topological polar surface area (TPSA) is 24.9 Å². The van der Waals surface area contributed by atoms with Crippen LogP contribution in [0.1, 0.15) is 30.5 Å². The fraction of sp³-hybridized carbons (Fsp3) is 0.429. The molecule has 0 radical (unpaired) electrons. The lowest BCUT2D eigenvalue weighted by Gasteiger charge is -2.23. The molecule has 1 unspecified atom stereocenters. The first-order valence-electron chi connectivity index (χ1n) is 6.21. The smallest absolute Gasteiger partial charge is 0.0834 e. The molecule has 0 saturated carbocycles. The van der Waals surface area contributed by atoms with E-state index < -0.39 is 0 Å². The highest BCUT2D eigenvalue weighted by molar-refractivity contribution is 7.80. The molecule has 2 heterocycles. The zero-order valence-electron chi connectivity index (χ0n) is 9.78. The van der Waals surface area contributed by atoms with E-state index in [1.54, 1.807) is 0 Å². The third-order valence-corrected chi connectivity index (χ3v) is 3.92. The zero-order chi connectivity index (χ0) is 11.7. The number of rotatable bonds is 2. The number of pyridine rings is 1. The molecule has 0 aromatic carbocycles. The third-order valence-electron chi connectivity index (χ3n) is 3.66. The van der Waals surface area contributed by atoms with Crippen molar-refractivity contribution >= 4 is 17.2 Å². The number of aromatic nitrogens is 1. The lowest BCUT2D eigenvalue weighted by atomic mass is 9.82. The molecule has 0 fully saturated rings. The van der Waals surface area contributed by atoms with Crippen LogP contribution in [-0.2, 0) is 12.8 Å². The highest BCUT2D eigenvalue weighted by Crippen LogP contribution is 2.30. The summed E-state index contributed by atoms with van der Waals surface area (Å²) in [5.41, 5.74) is 4.21. The van der Waals surface area contributed by atoms with Crippen molar-refractivity contribution in [1.82, 2.24) is 10.3 Å². The summed E-state index contributed by atoms with van der Waals surface area (Å²) < 4.78 is 0. The Kier molecular flexibility index (Phi) is 2.93. The number of nitrogens with zero attached hydrogens (tertiary/aromatic N) is 1. The zero-order valence-corrected chi connectivity index (χ0v) is 10.6. The van der Waals surface area contributed by atoms with E-state index >= 15 is 0 Å². The Morgan fingerprint density at radius 1 is 1.47 bits per heavy atom. The molecule has 1 aromatic heterocycles.